The second-order valence-corrected chi connectivity index (χ2v) is 8.15. The number of nitrogens with one attached hydrogen (secondary N) is 1. The molecular weight excluding hydrogens is 445 g/mol. The Labute approximate surface area is 184 Å². The van der Waals surface area contributed by atoms with Crippen molar-refractivity contribution in [2.24, 2.45) is 7.05 Å². The quantitative estimate of drug-likeness (QED) is 0.276. The Bertz CT molecular complexity index is 1280. The highest BCUT2D eigenvalue weighted by atomic mass is 32.1. The number of ketones is 1. The van der Waals surface area contributed by atoms with E-state index in [-0.39, 0.29) is 18.1 Å². The third kappa shape index (κ3) is 4.83. The molecule has 0 fully saturated rings. The summed E-state index contributed by atoms with van der Waals surface area (Å²) in [6.07, 6.45) is -3.20. The molecule has 2 N–H and O–H groups in total. The van der Waals surface area contributed by atoms with Gasteiger partial charge in [-0.1, -0.05) is 11.3 Å². The summed E-state index contributed by atoms with van der Waals surface area (Å²) < 4.78 is 43.6. The van der Waals surface area contributed by atoms with Gasteiger partial charge in [0.05, 0.1) is 21.3 Å². The number of thiazole rings is 1. The molecule has 0 aliphatic carbocycles. The molecule has 0 atom stereocenters. The summed E-state index contributed by atoms with van der Waals surface area (Å²) in [5, 5.41) is 12.4. The van der Waals surface area contributed by atoms with Crippen LogP contribution in [0.1, 0.15) is 29.6 Å². The van der Waals surface area contributed by atoms with Crippen LogP contribution in [-0.2, 0) is 7.05 Å². The number of benzene rings is 2. The van der Waals surface area contributed by atoms with Crippen molar-refractivity contribution in [2.45, 2.75) is 25.6 Å². The van der Waals surface area contributed by atoms with Crippen LogP contribution in [0.4, 0.5) is 24.3 Å². The molecule has 0 saturated carbocycles. The lowest BCUT2D eigenvalue weighted by molar-refractivity contribution is -0.274. The minimum atomic E-state index is -4.76. The van der Waals surface area contributed by atoms with Gasteiger partial charge in [-0.3, -0.25) is 4.79 Å². The Hall–Kier alpha value is -3.18. The summed E-state index contributed by atoms with van der Waals surface area (Å²) in [6.45, 7) is 0.0595. The summed E-state index contributed by atoms with van der Waals surface area (Å²) in [5.41, 5.74) is 2.52. The van der Waals surface area contributed by atoms with Gasteiger partial charge in [0.25, 0.3) is 0 Å². The lowest BCUT2D eigenvalue weighted by atomic mass is 10.1. The highest BCUT2D eigenvalue weighted by Gasteiger charge is 2.31. The molecule has 0 unspecified atom stereocenters. The third-order valence-corrected chi connectivity index (χ3v) is 5.76. The number of hydrogen-bond acceptors (Lipinski definition) is 7. The molecule has 0 aliphatic heterocycles. The SMILES string of the molecule is Cn1c(Nc2nc3ccc(OC(F)(F)F)cc3s2)nc2cc(C(=O)CCCCO)ccc21. The maximum absolute atomic E-state index is 12.4. The lowest BCUT2D eigenvalue weighted by Crippen LogP contribution is -2.16. The van der Waals surface area contributed by atoms with Crippen molar-refractivity contribution in [1.29, 1.82) is 0 Å². The van der Waals surface area contributed by atoms with Crippen LogP contribution >= 0.6 is 11.3 Å². The molecule has 0 aliphatic rings. The van der Waals surface area contributed by atoms with E-state index < -0.39 is 6.36 Å². The number of aliphatic hydroxyl groups excluding tert-OH is 1. The Morgan fingerprint density at radius 1 is 1.16 bits per heavy atom. The number of carbonyl (C=O) groups excluding carboxylic acids is 1. The predicted octanol–water partition coefficient (Wildman–Crippen LogP) is 5.17. The molecule has 0 amide bonds. The fourth-order valence-corrected chi connectivity index (χ4v) is 4.17. The number of nitrogens with zero attached hydrogens (tertiary/aromatic N) is 3. The fourth-order valence-electron chi connectivity index (χ4n) is 3.28. The molecule has 32 heavy (non-hydrogen) atoms. The van der Waals surface area contributed by atoms with E-state index in [1.165, 1.54) is 29.5 Å². The average Bonchev–Trinajstić information content (AvgIpc) is 3.26. The fraction of sp³-hybridized carbons (Fsp3) is 0.286. The van der Waals surface area contributed by atoms with E-state index in [2.05, 4.69) is 20.0 Å². The first-order valence-electron chi connectivity index (χ1n) is 9.77. The van der Waals surface area contributed by atoms with Crippen molar-refractivity contribution < 1.29 is 27.8 Å². The number of rotatable bonds is 8. The van der Waals surface area contributed by atoms with E-state index >= 15 is 0 Å². The number of ether oxygens (including phenoxy) is 1. The molecule has 4 aromatic rings. The van der Waals surface area contributed by atoms with Gasteiger partial charge in [0, 0.05) is 31.7 Å². The number of Topliss-reactive ketones (excluding diaryl/α,β-unsaturated/α-hetero) is 1. The number of imidazole rings is 1. The number of alkyl halides is 3. The predicted molar refractivity (Wildman–Crippen MR) is 116 cm³/mol. The van der Waals surface area contributed by atoms with Crippen molar-refractivity contribution in [1.82, 2.24) is 14.5 Å². The van der Waals surface area contributed by atoms with Gasteiger partial charge in [0.15, 0.2) is 10.9 Å². The molecule has 168 valence electrons. The van der Waals surface area contributed by atoms with Crippen LogP contribution in [0.15, 0.2) is 36.4 Å². The minimum absolute atomic E-state index is 0.0106. The molecule has 0 bridgehead atoms. The smallest absolute Gasteiger partial charge is 0.406 e. The normalized spacial score (nSPS) is 11.9. The highest BCUT2D eigenvalue weighted by Crippen LogP contribution is 2.33. The second kappa shape index (κ2) is 8.75. The highest BCUT2D eigenvalue weighted by molar-refractivity contribution is 7.22. The number of aromatic nitrogens is 3. The Morgan fingerprint density at radius 3 is 2.72 bits per heavy atom. The van der Waals surface area contributed by atoms with Gasteiger partial charge < -0.3 is 19.7 Å². The van der Waals surface area contributed by atoms with Gasteiger partial charge in [-0.2, -0.15) is 0 Å². The van der Waals surface area contributed by atoms with Crippen molar-refractivity contribution in [3.63, 3.8) is 0 Å². The average molecular weight is 464 g/mol. The monoisotopic (exact) mass is 464 g/mol. The topological polar surface area (TPSA) is 89.3 Å². The van der Waals surface area contributed by atoms with Gasteiger partial charge in [-0.15, -0.1) is 13.2 Å². The van der Waals surface area contributed by atoms with Gasteiger partial charge >= 0.3 is 6.36 Å². The zero-order valence-corrected chi connectivity index (χ0v) is 17.8. The van der Waals surface area contributed by atoms with E-state index in [1.54, 1.807) is 16.7 Å². The van der Waals surface area contributed by atoms with Gasteiger partial charge in [-0.05, 0) is 43.2 Å². The number of fused-ring (bicyclic) bond motifs is 2. The number of carbonyl (C=O) groups is 1. The van der Waals surface area contributed by atoms with E-state index in [4.69, 9.17) is 5.11 Å². The van der Waals surface area contributed by atoms with Crippen molar-refractivity contribution in [3.05, 3.63) is 42.0 Å². The van der Waals surface area contributed by atoms with Crippen LogP contribution in [0, 0.1) is 0 Å². The molecular formula is C21H19F3N4O3S. The standard InChI is InChI=1S/C21H19F3N4O3S/c1-28-16-8-5-12(17(30)4-2-3-9-29)10-15(16)25-19(28)27-20-26-14-7-6-13(11-18(14)32-20)31-21(22,23)24/h5-8,10-11,29H,2-4,9H2,1H3,(H,25,26,27). The summed E-state index contributed by atoms with van der Waals surface area (Å²) in [7, 11) is 1.81. The molecule has 2 aromatic carbocycles. The summed E-state index contributed by atoms with van der Waals surface area (Å²) >= 11 is 1.17. The maximum Gasteiger partial charge on any atom is 0.573 e. The van der Waals surface area contributed by atoms with Crippen LogP contribution in [-0.4, -0.2) is 38.4 Å². The van der Waals surface area contributed by atoms with Crippen molar-refractivity contribution in [3.8, 4) is 5.75 Å². The van der Waals surface area contributed by atoms with Crippen LogP contribution in [0.3, 0.4) is 0 Å². The van der Waals surface area contributed by atoms with Crippen molar-refractivity contribution in [2.75, 3.05) is 11.9 Å². The minimum Gasteiger partial charge on any atom is -0.406 e. The molecule has 7 nitrogen and oxygen atoms in total. The number of unbranched alkanes of at least 4 members (excludes halogenated alkanes) is 1. The summed E-state index contributed by atoms with van der Waals surface area (Å²) in [6, 6.07) is 9.24. The first kappa shape index (κ1) is 22.0. The van der Waals surface area contributed by atoms with E-state index in [0.717, 1.165) is 5.52 Å². The zero-order chi connectivity index (χ0) is 22.9. The number of anilines is 2. The van der Waals surface area contributed by atoms with Crippen LogP contribution in [0.2, 0.25) is 0 Å². The first-order chi connectivity index (χ1) is 15.2. The third-order valence-electron chi connectivity index (χ3n) is 4.83. The molecule has 2 aromatic heterocycles. The largest absolute Gasteiger partial charge is 0.573 e. The number of halogens is 3. The molecule has 0 saturated heterocycles. The van der Waals surface area contributed by atoms with Gasteiger partial charge in [0.1, 0.15) is 5.75 Å². The Balaban J connectivity index is 1.56. The second-order valence-electron chi connectivity index (χ2n) is 7.12. The Kier molecular flexibility index (Phi) is 6.02. The van der Waals surface area contributed by atoms with Crippen LogP contribution in [0.25, 0.3) is 21.3 Å². The summed E-state index contributed by atoms with van der Waals surface area (Å²) in [5.74, 6) is 0.165. The molecule has 2 heterocycles. The van der Waals surface area contributed by atoms with Crippen molar-refractivity contribution >= 4 is 49.4 Å². The van der Waals surface area contributed by atoms with E-state index in [1.807, 2.05) is 13.1 Å². The van der Waals surface area contributed by atoms with E-state index in [0.29, 0.717) is 51.6 Å². The van der Waals surface area contributed by atoms with E-state index in [9.17, 15) is 18.0 Å². The molecule has 11 heteroatoms. The maximum atomic E-state index is 12.4. The van der Waals surface area contributed by atoms with Crippen LogP contribution < -0.4 is 10.1 Å². The lowest BCUT2D eigenvalue weighted by Gasteiger charge is -2.07. The molecule has 0 radical (unpaired) electrons. The number of hydrogen-bond donors (Lipinski definition) is 2. The van der Waals surface area contributed by atoms with Gasteiger partial charge in [0.2, 0.25) is 5.95 Å². The van der Waals surface area contributed by atoms with Crippen LogP contribution in [0.5, 0.6) is 5.75 Å². The molecule has 4 rings (SSSR count). The molecule has 0 spiro atoms. The number of aliphatic hydroxyl groups is 1. The zero-order valence-electron chi connectivity index (χ0n) is 16.9. The number of aryl methyl sites for hydroxylation is 1. The van der Waals surface area contributed by atoms with Gasteiger partial charge in [-0.25, -0.2) is 9.97 Å². The Morgan fingerprint density at radius 2 is 1.97 bits per heavy atom. The first-order valence-corrected chi connectivity index (χ1v) is 10.6. The summed E-state index contributed by atoms with van der Waals surface area (Å²) in [4.78, 5) is 21.3.